The first-order chi connectivity index (χ1) is 45.0. The number of rotatable bonds is 10. The molecule has 0 aliphatic carbocycles. The molecule has 0 atom stereocenters. The molecule has 0 aliphatic heterocycles. The first-order valence-electron chi connectivity index (χ1n) is 29.4. The lowest BCUT2D eigenvalue weighted by molar-refractivity contribution is -0.137. The van der Waals surface area contributed by atoms with E-state index in [1.807, 2.05) is 203 Å². The van der Waals surface area contributed by atoms with Gasteiger partial charge in [0.25, 0.3) is 0 Å². The van der Waals surface area contributed by atoms with E-state index in [1.165, 1.54) is 6.07 Å². The molecule has 0 bridgehead atoms. The molecule has 0 amide bonds. The molecule has 0 saturated carbocycles. The second kappa shape index (κ2) is 22.6. The van der Waals surface area contributed by atoms with Crippen molar-refractivity contribution in [3.63, 3.8) is 0 Å². The van der Waals surface area contributed by atoms with Crippen LogP contribution in [0.5, 0.6) is 0 Å². The highest BCUT2D eigenvalue weighted by Crippen LogP contribution is 2.47. The number of halogens is 3. The van der Waals surface area contributed by atoms with Crippen LogP contribution >= 0.6 is 0 Å². The summed E-state index contributed by atoms with van der Waals surface area (Å²) < 4.78 is 53.6. The minimum atomic E-state index is -4.87. The molecular formula is C80H44F3N9. The van der Waals surface area contributed by atoms with Gasteiger partial charge >= 0.3 is 6.18 Å². The zero-order valence-corrected chi connectivity index (χ0v) is 48.6. The van der Waals surface area contributed by atoms with E-state index < -0.39 is 11.7 Å². The molecule has 3 heterocycles. The van der Waals surface area contributed by atoms with Gasteiger partial charge in [0.05, 0.1) is 64.7 Å². The van der Waals surface area contributed by atoms with Crippen LogP contribution in [0.25, 0.3) is 159 Å². The van der Waals surface area contributed by atoms with Gasteiger partial charge in [-0.15, -0.1) is 0 Å². The number of hydrogen-bond donors (Lipinski definition) is 0. The second-order valence-electron chi connectivity index (χ2n) is 22.3. The predicted molar refractivity (Wildman–Crippen MR) is 360 cm³/mol. The van der Waals surface area contributed by atoms with E-state index in [0.29, 0.717) is 62.2 Å². The van der Waals surface area contributed by atoms with Gasteiger partial charge in [-0.1, -0.05) is 152 Å². The fraction of sp³-hybridized carbons (Fsp3) is 0.0125. The number of alkyl halides is 3. The van der Waals surface area contributed by atoms with Gasteiger partial charge in [-0.25, -0.2) is 29.5 Å². The smallest absolute Gasteiger partial charge is 0.309 e. The van der Waals surface area contributed by atoms with Gasteiger partial charge in [-0.2, -0.15) is 18.4 Å². The van der Waals surface area contributed by atoms with Crippen molar-refractivity contribution in [3.8, 4) is 107 Å². The summed E-state index contributed by atoms with van der Waals surface area (Å²) in [5.74, 6) is 1.00. The highest BCUT2D eigenvalue weighted by molar-refractivity contribution is 6.14. The van der Waals surface area contributed by atoms with Gasteiger partial charge in [0.15, 0.2) is 34.5 Å². The lowest BCUT2D eigenvalue weighted by Gasteiger charge is -2.21. The van der Waals surface area contributed by atoms with Gasteiger partial charge in [0, 0.05) is 49.5 Å². The van der Waals surface area contributed by atoms with Crippen LogP contribution in [-0.2, 0) is 6.18 Å². The molecule has 12 heteroatoms. The maximum absolute atomic E-state index is 16.5. The molecule has 0 fully saturated rings. The van der Waals surface area contributed by atoms with Gasteiger partial charge in [0.2, 0.25) is 0 Å². The Morgan fingerprint density at radius 3 is 1.14 bits per heavy atom. The predicted octanol–water partition coefficient (Wildman–Crippen LogP) is 21.9. The Hall–Kier alpha value is -13.0. The average Bonchev–Trinajstić information content (AvgIpc) is 1.54. The zero-order chi connectivity index (χ0) is 62.6. The first kappa shape index (κ1) is 55.6. The van der Waals surface area contributed by atoms with Gasteiger partial charge in [0.1, 0.15) is 0 Å². The molecule has 0 spiro atoms. The van der Waals surface area contributed by atoms with E-state index in [1.54, 1.807) is 36.4 Å². The monoisotopic (exact) mass is 1190 g/mol. The van der Waals surface area contributed by atoms with Crippen molar-refractivity contribution in [2.24, 2.45) is 0 Å². The molecular weight excluding hydrogens is 1140 g/mol. The van der Waals surface area contributed by atoms with E-state index in [-0.39, 0.29) is 17.0 Å². The minimum Gasteiger partial charge on any atom is -0.309 e. The average molecular weight is 1190 g/mol. The van der Waals surface area contributed by atoms with E-state index >= 15 is 13.2 Å². The van der Waals surface area contributed by atoms with Crippen molar-refractivity contribution in [2.75, 3.05) is 0 Å². The van der Waals surface area contributed by atoms with E-state index in [2.05, 4.69) is 44.9 Å². The van der Waals surface area contributed by atoms with Crippen molar-refractivity contribution in [2.45, 2.75) is 6.18 Å². The van der Waals surface area contributed by atoms with Crippen LogP contribution in [0.3, 0.4) is 0 Å². The summed E-state index contributed by atoms with van der Waals surface area (Å²) in [5, 5.41) is 13.2. The fourth-order valence-corrected chi connectivity index (χ4v) is 12.5. The summed E-state index contributed by atoms with van der Waals surface area (Å²) >= 11 is 0. The second-order valence-corrected chi connectivity index (χ2v) is 22.3. The van der Waals surface area contributed by atoms with E-state index in [4.69, 9.17) is 34.7 Å². The zero-order valence-electron chi connectivity index (χ0n) is 48.6. The summed E-state index contributed by atoms with van der Waals surface area (Å²) in [6.07, 6.45) is -4.87. The third-order valence-corrected chi connectivity index (χ3v) is 16.8. The lowest BCUT2D eigenvalue weighted by atomic mass is 9.94. The third-order valence-electron chi connectivity index (χ3n) is 16.8. The summed E-state index contributed by atoms with van der Waals surface area (Å²) in [7, 11) is 0. The van der Waals surface area contributed by atoms with Crippen LogP contribution in [0.1, 0.15) is 11.1 Å². The molecule has 0 saturated heterocycles. The Morgan fingerprint density at radius 2 is 0.717 bits per heavy atom. The van der Waals surface area contributed by atoms with Crippen molar-refractivity contribution in [3.05, 3.63) is 312 Å². The van der Waals surface area contributed by atoms with E-state index in [0.717, 1.165) is 94.3 Å². The van der Waals surface area contributed by atoms with Crippen LogP contribution in [0, 0.1) is 31.0 Å². The number of benzene rings is 12. The van der Waals surface area contributed by atoms with Crippen LogP contribution in [0.2, 0.25) is 0 Å². The van der Waals surface area contributed by atoms with Crippen LogP contribution in [0.4, 0.5) is 30.2 Å². The van der Waals surface area contributed by atoms with Gasteiger partial charge in [-0.05, 0) is 165 Å². The first-order valence-corrected chi connectivity index (χ1v) is 29.4. The molecule has 9 nitrogen and oxygen atoms in total. The highest BCUT2D eigenvalue weighted by atomic mass is 19.4. The molecule has 3 aromatic heterocycles. The topological polar surface area (TPSA) is 85.4 Å². The molecule has 15 aromatic rings. The SMILES string of the molecule is [C-]#[N+]c1cccc(-c2ccc3c(c2)c2cc(-c4cccc([N+]#[C-])c4)ccc2n3-c2ccc(C(F)(F)F)c(-c3cc(-c4nc(-c5ccccc5)nc(-c5ccccc5)n4)ccc3-n3c4ccc(-c5cccc(C#N)c5)cc4c4cc(-c5cccc([N+]#[C-])c5)ccc43)c2)c1. The Kier molecular flexibility index (Phi) is 13.7. The van der Waals surface area contributed by atoms with Crippen LogP contribution in [-0.4, -0.2) is 24.1 Å². The molecule has 430 valence electrons. The number of fused-ring (bicyclic) bond motifs is 6. The molecule has 0 aliphatic rings. The molecule has 0 unspecified atom stereocenters. The normalized spacial score (nSPS) is 11.4. The minimum absolute atomic E-state index is 0.116. The Morgan fingerprint density at radius 1 is 0.337 bits per heavy atom. The maximum atomic E-state index is 16.5. The Balaban J connectivity index is 1.02. The molecule has 12 aromatic carbocycles. The standard InChI is InChI=1S/C80H44F3N9/c1-85-61-23-11-20-53(39-61)57-26-33-72-67(43-57)68-44-58(54-21-12-24-62(40-54)86-2)27-34-73(68)91(72)64-31-32-71(80(81,82)83)65(47-64)66-46-60(79-89-77(50-15-6-4-7-16-50)88-78(90-79)51-17-8-5-9-18-51)30-37-74(66)92-75-35-28-56(52-19-10-14-49(38-52)48-84)42-69(75)70-45-59(29-36-76(70)92)55-22-13-25-63(41-55)87-3/h4-47H. The van der Waals surface area contributed by atoms with Crippen molar-refractivity contribution >= 4 is 60.7 Å². The largest absolute Gasteiger partial charge is 0.417 e. The number of aromatic nitrogens is 5. The Bertz CT molecular complexity index is 5410. The number of nitriles is 1. The van der Waals surface area contributed by atoms with Crippen molar-refractivity contribution in [1.29, 1.82) is 5.26 Å². The number of nitrogens with zero attached hydrogens (tertiary/aromatic N) is 9. The quantitative estimate of drug-likeness (QED) is 0.128. The van der Waals surface area contributed by atoms with Crippen molar-refractivity contribution < 1.29 is 13.2 Å². The highest BCUT2D eigenvalue weighted by Gasteiger charge is 2.35. The molecule has 92 heavy (non-hydrogen) atoms. The molecule has 0 N–H and O–H groups in total. The summed E-state index contributed by atoms with van der Waals surface area (Å²) in [6.45, 7) is 23.4. The molecule has 15 rings (SSSR count). The Labute approximate surface area is 526 Å². The summed E-state index contributed by atoms with van der Waals surface area (Å²) in [6, 6.07) is 84.6. The summed E-state index contributed by atoms with van der Waals surface area (Å²) in [5.41, 5.74) is 13.4. The van der Waals surface area contributed by atoms with Gasteiger partial charge in [-0.3, -0.25) is 0 Å². The van der Waals surface area contributed by atoms with Crippen LogP contribution in [0.15, 0.2) is 267 Å². The lowest BCUT2D eigenvalue weighted by Crippen LogP contribution is -2.10. The maximum Gasteiger partial charge on any atom is 0.417 e. The van der Waals surface area contributed by atoms with Crippen LogP contribution < -0.4 is 0 Å². The fourth-order valence-electron chi connectivity index (χ4n) is 12.5. The van der Waals surface area contributed by atoms with Crippen molar-refractivity contribution in [1.82, 2.24) is 24.1 Å². The van der Waals surface area contributed by atoms with E-state index in [9.17, 15) is 5.26 Å². The summed E-state index contributed by atoms with van der Waals surface area (Å²) in [4.78, 5) is 26.2. The third kappa shape index (κ3) is 9.99. The van der Waals surface area contributed by atoms with Gasteiger partial charge < -0.3 is 9.13 Å². The number of hydrogen-bond acceptors (Lipinski definition) is 4. The molecule has 0 radical (unpaired) electrons.